The van der Waals surface area contributed by atoms with Gasteiger partial charge in [-0.05, 0) is 60.2 Å². The summed E-state index contributed by atoms with van der Waals surface area (Å²) in [5.74, 6) is 0.909. The number of hydrogen-bond donors (Lipinski definition) is 0. The van der Waals surface area contributed by atoms with Crippen LogP contribution in [-0.4, -0.2) is 13.7 Å². The molecule has 28 heavy (non-hydrogen) atoms. The quantitative estimate of drug-likeness (QED) is 0.349. The summed E-state index contributed by atoms with van der Waals surface area (Å²) in [7, 11) is 1.70. The molecular formula is C25H27ClO2. The van der Waals surface area contributed by atoms with Crippen LogP contribution in [0.15, 0.2) is 78.9 Å². The third-order valence-corrected chi connectivity index (χ3v) is 5.08. The van der Waals surface area contributed by atoms with Gasteiger partial charge in [0.1, 0.15) is 11.9 Å². The van der Waals surface area contributed by atoms with Gasteiger partial charge in [-0.1, -0.05) is 72.6 Å². The van der Waals surface area contributed by atoms with Gasteiger partial charge in [0.2, 0.25) is 0 Å². The molecule has 0 aromatic heterocycles. The van der Waals surface area contributed by atoms with Crippen LogP contribution in [0, 0.1) is 0 Å². The van der Waals surface area contributed by atoms with Crippen molar-refractivity contribution in [3.63, 3.8) is 0 Å². The monoisotopic (exact) mass is 394 g/mol. The molecule has 0 heterocycles. The van der Waals surface area contributed by atoms with Gasteiger partial charge < -0.3 is 9.47 Å². The summed E-state index contributed by atoms with van der Waals surface area (Å²) in [4.78, 5) is 0. The Morgan fingerprint density at radius 3 is 2.11 bits per heavy atom. The van der Waals surface area contributed by atoms with Crippen LogP contribution < -0.4 is 4.74 Å². The van der Waals surface area contributed by atoms with Crippen LogP contribution >= 0.6 is 11.6 Å². The third kappa shape index (κ3) is 6.12. The number of benzene rings is 3. The zero-order valence-corrected chi connectivity index (χ0v) is 17.1. The first-order chi connectivity index (χ1) is 13.8. The number of halogens is 1. The Bertz CT molecular complexity index is 813. The molecule has 0 saturated carbocycles. The Balaban J connectivity index is 1.48. The van der Waals surface area contributed by atoms with E-state index in [0.717, 1.165) is 48.6 Å². The number of unbranched alkanes of at least 4 members (excludes halogenated alkanes) is 2. The molecule has 0 saturated heterocycles. The van der Waals surface area contributed by atoms with Crippen molar-refractivity contribution in [2.45, 2.75) is 31.8 Å². The molecule has 0 radical (unpaired) electrons. The van der Waals surface area contributed by atoms with Gasteiger partial charge in [0.05, 0.1) is 7.11 Å². The first kappa shape index (κ1) is 20.4. The van der Waals surface area contributed by atoms with Gasteiger partial charge in [-0.2, -0.15) is 0 Å². The maximum Gasteiger partial charge on any atom is 0.118 e. The van der Waals surface area contributed by atoms with E-state index in [9.17, 15) is 0 Å². The van der Waals surface area contributed by atoms with Crippen molar-refractivity contribution < 1.29 is 9.47 Å². The van der Waals surface area contributed by atoms with Crippen LogP contribution in [0.4, 0.5) is 0 Å². The van der Waals surface area contributed by atoms with Crippen molar-refractivity contribution in [2.75, 3.05) is 13.7 Å². The van der Waals surface area contributed by atoms with E-state index >= 15 is 0 Å². The van der Waals surface area contributed by atoms with Gasteiger partial charge in [-0.3, -0.25) is 0 Å². The molecule has 0 aliphatic carbocycles. The molecule has 0 fully saturated rings. The van der Waals surface area contributed by atoms with E-state index in [4.69, 9.17) is 21.1 Å². The standard InChI is InChI=1S/C25H27ClO2/c1-27-24-17-11-20(12-18-24)8-4-3-7-19-28-25(21-9-5-2-6-10-21)22-13-15-23(26)16-14-22/h2,5-6,9-18,25H,3-4,7-8,19H2,1H3. The maximum atomic E-state index is 6.28. The fraction of sp³-hybridized carbons (Fsp3) is 0.280. The molecule has 0 spiro atoms. The van der Waals surface area contributed by atoms with Crippen molar-refractivity contribution >= 4 is 11.6 Å². The zero-order valence-electron chi connectivity index (χ0n) is 16.3. The molecule has 0 aliphatic rings. The highest BCUT2D eigenvalue weighted by atomic mass is 35.5. The summed E-state index contributed by atoms with van der Waals surface area (Å²) in [6.07, 6.45) is 4.39. The fourth-order valence-corrected chi connectivity index (χ4v) is 3.38. The minimum atomic E-state index is -0.0555. The van der Waals surface area contributed by atoms with E-state index in [1.165, 1.54) is 11.1 Å². The highest BCUT2D eigenvalue weighted by Crippen LogP contribution is 2.27. The van der Waals surface area contributed by atoms with Crippen LogP contribution in [0.3, 0.4) is 0 Å². The second kappa shape index (κ2) is 10.9. The van der Waals surface area contributed by atoms with E-state index < -0.39 is 0 Å². The van der Waals surface area contributed by atoms with Gasteiger partial charge in [0.15, 0.2) is 0 Å². The molecule has 3 aromatic carbocycles. The molecule has 146 valence electrons. The predicted octanol–water partition coefficient (Wildman–Crippen LogP) is 6.87. The van der Waals surface area contributed by atoms with Gasteiger partial charge in [0, 0.05) is 11.6 Å². The summed E-state index contributed by atoms with van der Waals surface area (Å²) < 4.78 is 11.5. The SMILES string of the molecule is COc1ccc(CCCCCOC(c2ccccc2)c2ccc(Cl)cc2)cc1. The molecule has 0 bridgehead atoms. The molecule has 2 nitrogen and oxygen atoms in total. The van der Waals surface area contributed by atoms with E-state index in [1.807, 2.05) is 42.5 Å². The Kier molecular flexibility index (Phi) is 7.95. The van der Waals surface area contributed by atoms with Crippen molar-refractivity contribution in [3.05, 3.63) is 101 Å². The maximum absolute atomic E-state index is 6.28. The molecule has 1 unspecified atom stereocenters. The molecule has 0 amide bonds. The van der Waals surface area contributed by atoms with Crippen LogP contribution in [0.25, 0.3) is 0 Å². The first-order valence-electron chi connectivity index (χ1n) is 9.81. The van der Waals surface area contributed by atoms with Crippen LogP contribution in [-0.2, 0) is 11.2 Å². The Hall–Kier alpha value is -2.29. The average Bonchev–Trinajstić information content (AvgIpc) is 2.75. The van der Waals surface area contributed by atoms with Gasteiger partial charge in [0.25, 0.3) is 0 Å². The van der Waals surface area contributed by atoms with E-state index in [2.05, 4.69) is 36.4 Å². The second-order valence-corrected chi connectivity index (χ2v) is 7.31. The molecule has 3 rings (SSSR count). The molecule has 0 aliphatic heterocycles. The van der Waals surface area contributed by atoms with Crippen LogP contribution in [0.1, 0.15) is 42.1 Å². The minimum Gasteiger partial charge on any atom is -0.497 e. The van der Waals surface area contributed by atoms with Crippen molar-refractivity contribution in [3.8, 4) is 5.75 Å². The summed E-state index contributed by atoms with van der Waals surface area (Å²) in [5, 5.41) is 0.745. The lowest BCUT2D eigenvalue weighted by atomic mass is 10.0. The topological polar surface area (TPSA) is 18.5 Å². The Labute approximate surface area is 173 Å². The summed E-state index contributed by atoms with van der Waals surface area (Å²) >= 11 is 6.04. The Morgan fingerprint density at radius 1 is 0.750 bits per heavy atom. The lowest BCUT2D eigenvalue weighted by Crippen LogP contribution is -2.07. The number of aryl methyl sites for hydroxylation is 1. The van der Waals surface area contributed by atoms with Crippen molar-refractivity contribution in [2.24, 2.45) is 0 Å². The minimum absolute atomic E-state index is 0.0555. The summed E-state index contributed by atoms with van der Waals surface area (Å²) in [6, 6.07) is 26.6. The predicted molar refractivity (Wildman–Crippen MR) is 116 cm³/mol. The van der Waals surface area contributed by atoms with Crippen molar-refractivity contribution in [1.82, 2.24) is 0 Å². The number of hydrogen-bond acceptors (Lipinski definition) is 2. The smallest absolute Gasteiger partial charge is 0.118 e. The highest BCUT2D eigenvalue weighted by molar-refractivity contribution is 6.30. The summed E-state index contributed by atoms with van der Waals surface area (Å²) in [5.41, 5.74) is 3.65. The van der Waals surface area contributed by atoms with E-state index in [-0.39, 0.29) is 6.10 Å². The van der Waals surface area contributed by atoms with Crippen molar-refractivity contribution in [1.29, 1.82) is 0 Å². The van der Waals surface area contributed by atoms with E-state index in [0.29, 0.717) is 0 Å². The molecule has 3 heteroatoms. The molecule has 1 atom stereocenters. The molecule has 0 N–H and O–H groups in total. The number of methoxy groups -OCH3 is 1. The number of ether oxygens (including phenoxy) is 2. The van der Waals surface area contributed by atoms with Gasteiger partial charge in [-0.15, -0.1) is 0 Å². The third-order valence-electron chi connectivity index (χ3n) is 4.83. The highest BCUT2D eigenvalue weighted by Gasteiger charge is 2.14. The Morgan fingerprint density at radius 2 is 1.43 bits per heavy atom. The van der Waals surface area contributed by atoms with Gasteiger partial charge >= 0.3 is 0 Å². The zero-order chi connectivity index (χ0) is 19.6. The average molecular weight is 395 g/mol. The van der Waals surface area contributed by atoms with Crippen LogP contribution in [0.2, 0.25) is 5.02 Å². The second-order valence-electron chi connectivity index (χ2n) is 6.87. The lowest BCUT2D eigenvalue weighted by molar-refractivity contribution is 0.0769. The van der Waals surface area contributed by atoms with Crippen LogP contribution in [0.5, 0.6) is 5.75 Å². The summed E-state index contributed by atoms with van der Waals surface area (Å²) in [6.45, 7) is 0.741. The van der Waals surface area contributed by atoms with Gasteiger partial charge in [-0.25, -0.2) is 0 Å². The fourth-order valence-electron chi connectivity index (χ4n) is 3.25. The number of rotatable bonds is 10. The largest absolute Gasteiger partial charge is 0.497 e. The van der Waals surface area contributed by atoms with E-state index in [1.54, 1.807) is 7.11 Å². The molecule has 3 aromatic rings. The lowest BCUT2D eigenvalue weighted by Gasteiger charge is -2.19. The first-order valence-corrected chi connectivity index (χ1v) is 10.2. The normalized spacial score (nSPS) is 11.9. The molecular weight excluding hydrogens is 368 g/mol.